The lowest BCUT2D eigenvalue weighted by Gasteiger charge is -2.36. The van der Waals surface area contributed by atoms with Gasteiger partial charge in [-0.15, -0.1) is 0 Å². The van der Waals surface area contributed by atoms with Crippen LogP contribution in [0.15, 0.2) is 60.7 Å². The molecule has 2 aromatic rings. The van der Waals surface area contributed by atoms with Crippen LogP contribution >= 0.6 is 0 Å². The minimum absolute atomic E-state index is 0.229. The molecule has 1 spiro atoms. The smallest absolute Gasteiger partial charge is 0.246 e. The quantitative estimate of drug-likeness (QED) is 0.484. The second kappa shape index (κ2) is 9.91. The van der Waals surface area contributed by atoms with Gasteiger partial charge in [-0.1, -0.05) is 67.6 Å². The van der Waals surface area contributed by atoms with Crippen molar-refractivity contribution in [3.05, 3.63) is 71.8 Å². The van der Waals surface area contributed by atoms with Gasteiger partial charge in [0.25, 0.3) is 0 Å². The molecule has 6 atom stereocenters. The average Bonchev–Trinajstić information content (AvgIpc) is 3.54. The SMILES string of the molecule is CC[C@]12CCC3(O1)C(C(=O)NCc1ccccc1)N([C@H](C)CO)C(=O)[C@@H]3[C@H]2C(=O)NCc1ccccc1. The van der Waals surface area contributed by atoms with Crippen LogP contribution in [0.25, 0.3) is 0 Å². The molecule has 3 N–H and O–H groups in total. The van der Waals surface area contributed by atoms with Crippen molar-refractivity contribution in [1.82, 2.24) is 15.5 Å². The molecule has 8 nitrogen and oxygen atoms in total. The van der Waals surface area contributed by atoms with Crippen LogP contribution in [-0.2, 0) is 32.2 Å². The summed E-state index contributed by atoms with van der Waals surface area (Å²) in [7, 11) is 0. The zero-order valence-corrected chi connectivity index (χ0v) is 21.4. The third kappa shape index (κ3) is 4.12. The van der Waals surface area contributed by atoms with Gasteiger partial charge in [0.1, 0.15) is 11.6 Å². The first kappa shape index (κ1) is 25.4. The Hall–Kier alpha value is -3.23. The Morgan fingerprint density at radius 3 is 2.11 bits per heavy atom. The second-order valence-electron chi connectivity index (χ2n) is 10.5. The van der Waals surface area contributed by atoms with E-state index in [1.807, 2.05) is 67.6 Å². The number of nitrogens with zero attached hydrogens (tertiary/aromatic N) is 1. The number of carbonyl (C=O) groups is 3. The molecule has 0 aliphatic carbocycles. The predicted octanol–water partition coefficient (Wildman–Crippen LogP) is 2.15. The largest absolute Gasteiger partial charge is 0.394 e. The zero-order valence-electron chi connectivity index (χ0n) is 21.4. The highest BCUT2D eigenvalue weighted by molar-refractivity contribution is 5.99. The Kier molecular flexibility index (Phi) is 6.81. The van der Waals surface area contributed by atoms with Crippen LogP contribution in [0.4, 0.5) is 0 Å². The Balaban J connectivity index is 1.45. The van der Waals surface area contributed by atoms with E-state index < -0.39 is 35.1 Å². The summed E-state index contributed by atoms with van der Waals surface area (Å²) in [5.74, 6) is -2.33. The highest BCUT2D eigenvalue weighted by Gasteiger charge is 2.78. The third-order valence-electron chi connectivity index (χ3n) is 8.51. The molecule has 2 unspecified atom stereocenters. The minimum atomic E-state index is -1.11. The summed E-state index contributed by atoms with van der Waals surface area (Å²) in [5.41, 5.74) is 0.00191. The van der Waals surface area contributed by atoms with Crippen LogP contribution in [0.1, 0.15) is 44.2 Å². The van der Waals surface area contributed by atoms with Gasteiger partial charge in [0, 0.05) is 13.1 Å². The van der Waals surface area contributed by atoms with Crippen molar-refractivity contribution >= 4 is 17.7 Å². The van der Waals surface area contributed by atoms with Gasteiger partial charge in [-0.05, 0) is 37.3 Å². The number of nitrogens with one attached hydrogen (secondary N) is 2. The van der Waals surface area contributed by atoms with Crippen LogP contribution in [0, 0.1) is 11.8 Å². The maximum Gasteiger partial charge on any atom is 0.246 e. The number of rotatable bonds is 9. The number of carbonyl (C=O) groups excluding carboxylic acids is 3. The van der Waals surface area contributed by atoms with Crippen LogP contribution in [-0.4, -0.2) is 57.6 Å². The van der Waals surface area contributed by atoms with Crippen LogP contribution in [0.3, 0.4) is 0 Å². The molecule has 0 saturated carbocycles. The molecule has 3 aliphatic heterocycles. The molecule has 0 aromatic heterocycles. The topological polar surface area (TPSA) is 108 Å². The van der Waals surface area contributed by atoms with E-state index in [0.717, 1.165) is 11.1 Å². The standard InChI is InChI=1S/C29H35N3O5/c1-3-28-14-15-29(37-28)23(22(28)25(34)30-16-20-10-6-4-7-11-20)27(36)32(19(2)18-33)24(29)26(35)31-17-21-12-8-5-9-13-21/h4-13,19,22-24,33H,3,14-18H2,1-2H3,(H,30,34)(H,31,35)/t19-,22+,23+,24?,28-,29?/m1/s1. The maximum absolute atomic E-state index is 14.0. The molecule has 3 heterocycles. The summed E-state index contributed by atoms with van der Waals surface area (Å²) in [6.07, 6.45) is 1.67. The van der Waals surface area contributed by atoms with E-state index in [4.69, 9.17) is 4.74 Å². The maximum atomic E-state index is 14.0. The summed E-state index contributed by atoms with van der Waals surface area (Å²) in [4.78, 5) is 42.9. The van der Waals surface area contributed by atoms with Crippen molar-refractivity contribution in [2.24, 2.45) is 11.8 Å². The normalized spacial score (nSPS) is 30.7. The Morgan fingerprint density at radius 2 is 1.57 bits per heavy atom. The Labute approximate surface area is 217 Å². The molecular formula is C29H35N3O5. The lowest BCUT2D eigenvalue weighted by molar-refractivity contribution is -0.150. The lowest BCUT2D eigenvalue weighted by atomic mass is 9.65. The third-order valence-corrected chi connectivity index (χ3v) is 8.51. The molecular weight excluding hydrogens is 470 g/mol. The van der Waals surface area contributed by atoms with Gasteiger partial charge in [-0.2, -0.15) is 0 Å². The van der Waals surface area contributed by atoms with E-state index in [1.54, 1.807) is 6.92 Å². The summed E-state index contributed by atoms with van der Waals surface area (Å²) in [6, 6.07) is 17.7. The van der Waals surface area contributed by atoms with E-state index in [-0.39, 0.29) is 24.3 Å². The van der Waals surface area contributed by atoms with Crippen molar-refractivity contribution in [3.8, 4) is 0 Å². The number of fused-ring (bicyclic) bond motifs is 1. The van der Waals surface area contributed by atoms with E-state index in [0.29, 0.717) is 32.4 Å². The van der Waals surface area contributed by atoms with Crippen molar-refractivity contribution in [2.75, 3.05) is 6.61 Å². The Bertz CT molecular complexity index is 1160. The molecule has 2 bridgehead atoms. The summed E-state index contributed by atoms with van der Waals surface area (Å²) in [6.45, 7) is 4.06. The first-order valence-corrected chi connectivity index (χ1v) is 13.1. The van der Waals surface area contributed by atoms with Gasteiger partial charge >= 0.3 is 0 Å². The number of benzene rings is 2. The molecule has 5 rings (SSSR count). The molecule has 3 amide bonds. The van der Waals surface area contributed by atoms with E-state index in [1.165, 1.54) is 4.90 Å². The number of aliphatic hydroxyl groups is 1. The van der Waals surface area contributed by atoms with Crippen LogP contribution in [0.5, 0.6) is 0 Å². The highest BCUT2D eigenvalue weighted by atomic mass is 16.5. The fourth-order valence-corrected chi connectivity index (χ4v) is 6.69. The molecule has 2 aromatic carbocycles. The zero-order chi connectivity index (χ0) is 26.2. The molecule has 196 valence electrons. The van der Waals surface area contributed by atoms with Crippen molar-refractivity contribution in [1.29, 1.82) is 0 Å². The van der Waals surface area contributed by atoms with Crippen molar-refractivity contribution in [3.63, 3.8) is 0 Å². The van der Waals surface area contributed by atoms with Gasteiger partial charge < -0.3 is 25.4 Å². The number of likely N-dealkylation sites (tertiary alicyclic amines) is 1. The number of aliphatic hydroxyl groups excluding tert-OH is 1. The number of hydrogen-bond donors (Lipinski definition) is 3. The summed E-state index contributed by atoms with van der Waals surface area (Å²) >= 11 is 0. The average molecular weight is 506 g/mol. The summed E-state index contributed by atoms with van der Waals surface area (Å²) < 4.78 is 6.72. The monoisotopic (exact) mass is 505 g/mol. The molecule has 3 aliphatic rings. The number of amides is 3. The lowest BCUT2D eigenvalue weighted by Crippen LogP contribution is -2.57. The van der Waals surface area contributed by atoms with Gasteiger partial charge in [-0.3, -0.25) is 14.4 Å². The van der Waals surface area contributed by atoms with Gasteiger partial charge in [0.2, 0.25) is 17.7 Å². The van der Waals surface area contributed by atoms with Crippen LogP contribution < -0.4 is 10.6 Å². The van der Waals surface area contributed by atoms with Crippen molar-refractivity contribution in [2.45, 2.75) is 69.5 Å². The first-order chi connectivity index (χ1) is 17.9. The fourth-order valence-electron chi connectivity index (χ4n) is 6.69. The van der Waals surface area contributed by atoms with E-state index in [9.17, 15) is 19.5 Å². The highest BCUT2D eigenvalue weighted by Crippen LogP contribution is 2.64. The number of ether oxygens (including phenoxy) is 1. The fraction of sp³-hybridized carbons (Fsp3) is 0.483. The first-order valence-electron chi connectivity index (χ1n) is 13.1. The molecule has 3 fully saturated rings. The summed E-state index contributed by atoms with van der Waals surface area (Å²) in [5, 5.41) is 16.0. The van der Waals surface area contributed by atoms with Gasteiger partial charge in [-0.25, -0.2) is 0 Å². The van der Waals surface area contributed by atoms with Gasteiger partial charge in [0.05, 0.1) is 30.1 Å². The van der Waals surface area contributed by atoms with E-state index >= 15 is 0 Å². The van der Waals surface area contributed by atoms with E-state index in [2.05, 4.69) is 10.6 Å². The van der Waals surface area contributed by atoms with Crippen LogP contribution in [0.2, 0.25) is 0 Å². The number of hydrogen-bond acceptors (Lipinski definition) is 5. The van der Waals surface area contributed by atoms with Gasteiger partial charge in [0.15, 0.2) is 0 Å². The van der Waals surface area contributed by atoms with Crippen molar-refractivity contribution < 1.29 is 24.2 Å². The molecule has 37 heavy (non-hydrogen) atoms. The minimum Gasteiger partial charge on any atom is -0.394 e. The Morgan fingerprint density at radius 1 is 1.00 bits per heavy atom. The molecule has 3 saturated heterocycles. The molecule has 0 radical (unpaired) electrons. The molecule has 8 heteroatoms. The second-order valence-corrected chi connectivity index (χ2v) is 10.5. The predicted molar refractivity (Wildman–Crippen MR) is 137 cm³/mol.